The van der Waals surface area contributed by atoms with E-state index in [2.05, 4.69) is 38.0 Å². The summed E-state index contributed by atoms with van der Waals surface area (Å²) in [4.78, 5) is 18.4. The van der Waals surface area contributed by atoms with Crippen LogP contribution in [0, 0.1) is 5.41 Å². The van der Waals surface area contributed by atoms with Gasteiger partial charge in [-0.2, -0.15) is 0 Å². The molecule has 0 spiro atoms. The van der Waals surface area contributed by atoms with Crippen LogP contribution in [0.15, 0.2) is 28.1 Å². The van der Waals surface area contributed by atoms with Crippen molar-refractivity contribution < 1.29 is 9.21 Å². The van der Waals surface area contributed by atoms with Gasteiger partial charge in [-0.3, -0.25) is 0 Å². The molecule has 1 atom stereocenters. The number of carbonyl (C=O) groups excluding carboxylic acids is 1. The lowest BCUT2D eigenvalue weighted by Crippen LogP contribution is -2.43. The first-order valence-corrected chi connectivity index (χ1v) is 8.67. The zero-order chi connectivity index (χ0) is 17.0. The van der Waals surface area contributed by atoms with E-state index in [0.717, 1.165) is 22.9 Å². The van der Waals surface area contributed by atoms with E-state index in [9.17, 15) is 4.79 Å². The Morgan fingerprint density at radius 3 is 2.70 bits per heavy atom. The fourth-order valence-electron chi connectivity index (χ4n) is 2.29. The number of aryl methyl sites for hydroxylation is 1. The standard InChI is InChI=1S/C17H25N3O2S/c1-6-12-7-8-13(22-12)15(17(2,3)4)19-16(21)20(5)11-14-18-9-10-23-14/h7-10,15H,6,11H2,1-5H3,(H,19,21)/t15-/m0/s1. The Kier molecular flexibility index (Phi) is 5.46. The van der Waals surface area contributed by atoms with Crippen LogP contribution in [0.3, 0.4) is 0 Å². The average Bonchev–Trinajstić information content (AvgIpc) is 3.14. The van der Waals surface area contributed by atoms with Crippen molar-refractivity contribution in [2.75, 3.05) is 7.05 Å². The fraction of sp³-hybridized carbons (Fsp3) is 0.529. The first kappa shape index (κ1) is 17.5. The Morgan fingerprint density at radius 1 is 1.43 bits per heavy atom. The number of aromatic nitrogens is 1. The molecule has 2 aromatic heterocycles. The van der Waals surface area contributed by atoms with Gasteiger partial charge in [-0.1, -0.05) is 27.7 Å². The first-order valence-electron chi connectivity index (χ1n) is 7.80. The first-order chi connectivity index (χ1) is 10.8. The number of rotatable bonds is 5. The van der Waals surface area contributed by atoms with Crippen LogP contribution in [-0.2, 0) is 13.0 Å². The molecule has 0 bridgehead atoms. The van der Waals surface area contributed by atoms with Gasteiger partial charge < -0.3 is 14.6 Å². The number of hydrogen-bond acceptors (Lipinski definition) is 4. The molecular formula is C17H25N3O2S. The summed E-state index contributed by atoms with van der Waals surface area (Å²) in [6.45, 7) is 8.82. The average molecular weight is 335 g/mol. The number of urea groups is 1. The zero-order valence-corrected chi connectivity index (χ0v) is 15.2. The molecule has 5 nitrogen and oxygen atoms in total. The maximum atomic E-state index is 12.5. The van der Waals surface area contributed by atoms with Crippen LogP contribution in [-0.4, -0.2) is 23.0 Å². The molecule has 1 N–H and O–H groups in total. The van der Waals surface area contributed by atoms with E-state index in [1.807, 2.05) is 17.5 Å². The highest BCUT2D eigenvalue weighted by Crippen LogP contribution is 2.34. The number of nitrogens with zero attached hydrogens (tertiary/aromatic N) is 2. The van der Waals surface area contributed by atoms with Gasteiger partial charge in [-0.25, -0.2) is 9.78 Å². The second-order valence-electron chi connectivity index (χ2n) is 6.69. The van der Waals surface area contributed by atoms with Crippen molar-refractivity contribution in [2.24, 2.45) is 5.41 Å². The van der Waals surface area contributed by atoms with Gasteiger partial charge >= 0.3 is 6.03 Å². The van der Waals surface area contributed by atoms with Crippen LogP contribution in [0.25, 0.3) is 0 Å². The lowest BCUT2D eigenvalue weighted by atomic mass is 9.85. The fourth-order valence-corrected chi connectivity index (χ4v) is 2.96. The largest absolute Gasteiger partial charge is 0.464 e. The smallest absolute Gasteiger partial charge is 0.318 e. The van der Waals surface area contributed by atoms with Gasteiger partial charge in [0.15, 0.2) is 0 Å². The highest BCUT2D eigenvalue weighted by Gasteiger charge is 2.31. The number of thiazole rings is 1. The van der Waals surface area contributed by atoms with Crippen molar-refractivity contribution in [3.8, 4) is 0 Å². The SMILES string of the molecule is CCc1ccc([C@H](NC(=O)N(C)Cc2nccs2)C(C)(C)C)o1. The summed E-state index contributed by atoms with van der Waals surface area (Å²) in [6, 6.07) is 3.61. The summed E-state index contributed by atoms with van der Waals surface area (Å²) < 4.78 is 5.86. The minimum Gasteiger partial charge on any atom is -0.464 e. The summed E-state index contributed by atoms with van der Waals surface area (Å²) >= 11 is 1.54. The van der Waals surface area contributed by atoms with Crippen LogP contribution in [0.4, 0.5) is 4.79 Å². The molecule has 2 heterocycles. The minimum absolute atomic E-state index is 0.130. The second kappa shape index (κ2) is 7.17. The van der Waals surface area contributed by atoms with Gasteiger partial charge in [0.2, 0.25) is 0 Å². The molecular weight excluding hydrogens is 310 g/mol. The summed E-state index contributed by atoms with van der Waals surface area (Å²) in [5.41, 5.74) is -0.152. The maximum Gasteiger partial charge on any atom is 0.318 e. The third kappa shape index (κ3) is 4.58. The third-order valence-corrected chi connectivity index (χ3v) is 4.42. The normalized spacial score (nSPS) is 12.9. The second-order valence-corrected chi connectivity index (χ2v) is 7.67. The van der Waals surface area contributed by atoms with Gasteiger partial charge in [0, 0.05) is 25.0 Å². The van der Waals surface area contributed by atoms with Crippen molar-refractivity contribution >= 4 is 17.4 Å². The predicted octanol–water partition coefficient (Wildman–Crippen LogP) is 4.23. The molecule has 2 amide bonds. The molecule has 0 saturated carbocycles. The van der Waals surface area contributed by atoms with Gasteiger partial charge in [-0.05, 0) is 17.5 Å². The molecule has 0 aliphatic carbocycles. The minimum atomic E-state index is -0.186. The van der Waals surface area contributed by atoms with E-state index in [-0.39, 0.29) is 17.5 Å². The van der Waals surface area contributed by atoms with Gasteiger partial charge in [0.25, 0.3) is 0 Å². The Morgan fingerprint density at radius 2 is 2.17 bits per heavy atom. The molecule has 23 heavy (non-hydrogen) atoms. The molecule has 0 saturated heterocycles. The van der Waals surface area contributed by atoms with Crippen molar-refractivity contribution in [3.63, 3.8) is 0 Å². The quantitative estimate of drug-likeness (QED) is 0.889. The molecule has 0 aliphatic rings. The Labute approximate surface area is 141 Å². The molecule has 0 aliphatic heterocycles. The van der Waals surface area contributed by atoms with E-state index in [0.29, 0.717) is 6.54 Å². The summed E-state index contributed by atoms with van der Waals surface area (Å²) in [6.07, 6.45) is 2.59. The highest BCUT2D eigenvalue weighted by atomic mass is 32.1. The molecule has 2 aromatic rings. The van der Waals surface area contributed by atoms with E-state index in [1.165, 1.54) is 0 Å². The maximum absolute atomic E-state index is 12.5. The highest BCUT2D eigenvalue weighted by molar-refractivity contribution is 7.09. The van der Waals surface area contributed by atoms with Crippen LogP contribution in [0.5, 0.6) is 0 Å². The lowest BCUT2D eigenvalue weighted by molar-refractivity contribution is 0.179. The van der Waals surface area contributed by atoms with E-state index in [1.54, 1.807) is 29.5 Å². The van der Waals surface area contributed by atoms with Gasteiger partial charge in [0.1, 0.15) is 16.5 Å². The van der Waals surface area contributed by atoms with E-state index < -0.39 is 0 Å². The number of nitrogens with one attached hydrogen (secondary N) is 1. The van der Waals surface area contributed by atoms with Crippen molar-refractivity contribution in [1.82, 2.24) is 15.2 Å². The molecule has 126 valence electrons. The van der Waals surface area contributed by atoms with Gasteiger partial charge in [0.05, 0.1) is 12.6 Å². The lowest BCUT2D eigenvalue weighted by Gasteiger charge is -2.31. The Hall–Kier alpha value is -1.82. The molecule has 2 rings (SSSR count). The van der Waals surface area contributed by atoms with Gasteiger partial charge in [-0.15, -0.1) is 11.3 Å². The summed E-state index contributed by atoms with van der Waals surface area (Å²) in [5.74, 6) is 1.73. The molecule has 0 radical (unpaired) electrons. The van der Waals surface area contributed by atoms with Crippen LogP contribution < -0.4 is 5.32 Å². The number of carbonyl (C=O) groups is 1. The van der Waals surface area contributed by atoms with Crippen molar-refractivity contribution in [2.45, 2.75) is 46.7 Å². The zero-order valence-electron chi connectivity index (χ0n) is 14.4. The number of furan rings is 1. The molecule has 6 heteroatoms. The van der Waals surface area contributed by atoms with Crippen LogP contribution >= 0.6 is 11.3 Å². The number of amides is 2. The molecule has 0 aromatic carbocycles. The topological polar surface area (TPSA) is 58.4 Å². The third-order valence-electron chi connectivity index (χ3n) is 3.65. The molecule has 0 fully saturated rings. The van der Waals surface area contributed by atoms with Crippen molar-refractivity contribution in [3.05, 3.63) is 40.2 Å². The van der Waals surface area contributed by atoms with Crippen LogP contribution in [0.2, 0.25) is 0 Å². The van der Waals surface area contributed by atoms with E-state index in [4.69, 9.17) is 4.42 Å². The van der Waals surface area contributed by atoms with Crippen molar-refractivity contribution in [1.29, 1.82) is 0 Å². The predicted molar refractivity (Wildman–Crippen MR) is 92.4 cm³/mol. The molecule has 0 unspecified atom stereocenters. The summed E-state index contributed by atoms with van der Waals surface area (Å²) in [5, 5.41) is 5.92. The van der Waals surface area contributed by atoms with Crippen LogP contribution in [0.1, 0.15) is 50.3 Å². The monoisotopic (exact) mass is 335 g/mol. The van der Waals surface area contributed by atoms with E-state index >= 15 is 0 Å². The Bertz CT molecular complexity index is 629. The Balaban J connectivity index is 2.09. The number of hydrogen-bond donors (Lipinski definition) is 1. The summed E-state index contributed by atoms with van der Waals surface area (Å²) in [7, 11) is 1.77.